The predicted octanol–water partition coefficient (Wildman–Crippen LogP) is 3.25. The first kappa shape index (κ1) is 16.6. The lowest BCUT2D eigenvalue weighted by Gasteiger charge is -2.04. The molecule has 2 rings (SSSR count). The van der Waals surface area contributed by atoms with Gasteiger partial charge in [-0.05, 0) is 38.1 Å². The van der Waals surface area contributed by atoms with Crippen LogP contribution in [0.3, 0.4) is 0 Å². The maximum atomic E-state index is 13.3. The fourth-order valence-corrected chi connectivity index (χ4v) is 2.12. The van der Waals surface area contributed by atoms with E-state index in [1.165, 1.54) is 6.07 Å². The molecule has 0 aliphatic carbocycles. The first-order valence-corrected chi connectivity index (χ1v) is 7.26. The number of para-hydroxylation sites is 1. The quantitative estimate of drug-likeness (QED) is 0.880. The van der Waals surface area contributed by atoms with E-state index in [9.17, 15) is 9.18 Å². The van der Waals surface area contributed by atoms with E-state index in [2.05, 4.69) is 17.2 Å². The highest BCUT2D eigenvalue weighted by molar-refractivity contribution is 5.94. The predicted molar refractivity (Wildman–Crippen MR) is 87.9 cm³/mol. The van der Waals surface area contributed by atoms with Crippen molar-refractivity contribution in [2.75, 3.05) is 13.2 Å². The number of carbonyl (C=O) groups excluding carboxylic acids is 1. The van der Waals surface area contributed by atoms with Crippen LogP contribution in [0.5, 0.6) is 5.75 Å². The summed E-state index contributed by atoms with van der Waals surface area (Å²) in [5, 5.41) is 2.72. The van der Waals surface area contributed by atoms with Crippen molar-refractivity contribution >= 4 is 5.91 Å². The van der Waals surface area contributed by atoms with E-state index in [1.807, 2.05) is 32.0 Å². The normalized spacial score (nSPS) is 9.70. The molecular weight excluding hydrogens is 293 g/mol. The smallest absolute Gasteiger partial charge is 0.252 e. The summed E-state index contributed by atoms with van der Waals surface area (Å²) in [5.41, 5.74) is 2.70. The Morgan fingerprint density at radius 1 is 1.13 bits per heavy atom. The Morgan fingerprint density at radius 2 is 1.83 bits per heavy atom. The van der Waals surface area contributed by atoms with Crippen molar-refractivity contribution in [1.29, 1.82) is 0 Å². The molecule has 0 unspecified atom stereocenters. The minimum atomic E-state index is -0.419. The van der Waals surface area contributed by atoms with Gasteiger partial charge in [0.25, 0.3) is 5.91 Å². The van der Waals surface area contributed by atoms with Gasteiger partial charge in [-0.2, -0.15) is 0 Å². The van der Waals surface area contributed by atoms with Gasteiger partial charge < -0.3 is 10.1 Å². The van der Waals surface area contributed by atoms with Gasteiger partial charge in [0.2, 0.25) is 0 Å². The number of ether oxygens (including phenoxy) is 1. The average Bonchev–Trinajstić information content (AvgIpc) is 2.51. The highest BCUT2D eigenvalue weighted by Gasteiger charge is 2.05. The van der Waals surface area contributed by atoms with E-state index in [0.29, 0.717) is 5.56 Å². The Kier molecular flexibility index (Phi) is 5.76. The fourth-order valence-electron chi connectivity index (χ4n) is 2.12. The molecule has 0 heterocycles. The van der Waals surface area contributed by atoms with Crippen LogP contribution in [0.25, 0.3) is 0 Å². The molecular formula is C19H18FNO2. The van der Waals surface area contributed by atoms with Crippen LogP contribution in [-0.4, -0.2) is 19.1 Å². The zero-order chi connectivity index (χ0) is 16.7. The van der Waals surface area contributed by atoms with Gasteiger partial charge in [0.1, 0.15) is 6.61 Å². The molecule has 0 saturated heterocycles. The Hall–Kier alpha value is -2.80. The number of hydrogen-bond donors (Lipinski definition) is 1. The van der Waals surface area contributed by atoms with E-state index < -0.39 is 5.82 Å². The molecule has 3 nitrogen and oxygen atoms in total. The summed E-state index contributed by atoms with van der Waals surface area (Å²) in [6, 6.07) is 11.8. The van der Waals surface area contributed by atoms with Gasteiger partial charge >= 0.3 is 0 Å². The number of halogens is 1. The third-order valence-electron chi connectivity index (χ3n) is 3.08. The van der Waals surface area contributed by atoms with Crippen LogP contribution in [0.4, 0.5) is 4.39 Å². The van der Waals surface area contributed by atoms with Crippen LogP contribution >= 0.6 is 0 Å². The topological polar surface area (TPSA) is 38.3 Å². The van der Waals surface area contributed by atoms with Crippen molar-refractivity contribution in [2.45, 2.75) is 13.8 Å². The summed E-state index contributed by atoms with van der Waals surface area (Å²) in [6.07, 6.45) is 0. The number of amides is 1. The largest absolute Gasteiger partial charge is 0.478 e. The van der Waals surface area contributed by atoms with Gasteiger partial charge in [0.05, 0.1) is 6.54 Å². The molecule has 0 aliphatic heterocycles. The Labute approximate surface area is 135 Å². The van der Waals surface area contributed by atoms with Gasteiger partial charge in [-0.15, -0.1) is 0 Å². The van der Waals surface area contributed by atoms with Crippen molar-refractivity contribution in [3.05, 3.63) is 65.0 Å². The molecule has 2 aromatic rings. The number of carbonyl (C=O) groups is 1. The molecule has 0 aromatic heterocycles. The molecule has 0 spiro atoms. The minimum Gasteiger partial charge on any atom is -0.478 e. The molecule has 4 heteroatoms. The van der Waals surface area contributed by atoms with Crippen molar-refractivity contribution in [2.24, 2.45) is 0 Å². The Bertz CT molecular complexity index is 739. The molecule has 0 saturated carbocycles. The van der Waals surface area contributed by atoms with Crippen LogP contribution in [0, 0.1) is 31.5 Å². The lowest BCUT2D eigenvalue weighted by Crippen LogP contribution is -2.23. The van der Waals surface area contributed by atoms with Crippen LogP contribution in [0.2, 0.25) is 0 Å². The van der Waals surface area contributed by atoms with Gasteiger partial charge in [0, 0.05) is 5.56 Å². The molecule has 0 aliphatic rings. The molecule has 1 amide bonds. The summed E-state index contributed by atoms with van der Waals surface area (Å²) in [5.74, 6) is 5.10. The fraction of sp³-hybridized carbons (Fsp3) is 0.211. The number of rotatable bonds is 4. The van der Waals surface area contributed by atoms with Crippen molar-refractivity contribution in [1.82, 2.24) is 5.32 Å². The van der Waals surface area contributed by atoms with Crippen molar-refractivity contribution < 1.29 is 13.9 Å². The van der Waals surface area contributed by atoms with Gasteiger partial charge in [0.15, 0.2) is 11.6 Å². The minimum absolute atomic E-state index is 0.0698. The third kappa shape index (κ3) is 5.15. The summed E-state index contributed by atoms with van der Waals surface area (Å²) >= 11 is 0. The van der Waals surface area contributed by atoms with E-state index in [-0.39, 0.29) is 24.8 Å². The zero-order valence-electron chi connectivity index (χ0n) is 13.2. The molecule has 0 fully saturated rings. The molecule has 118 valence electrons. The molecule has 2 aromatic carbocycles. The van der Waals surface area contributed by atoms with E-state index in [4.69, 9.17) is 4.74 Å². The molecule has 0 atom stereocenters. The maximum absolute atomic E-state index is 13.3. The van der Waals surface area contributed by atoms with E-state index >= 15 is 0 Å². The lowest BCUT2D eigenvalue weighted by molar-refractivity contribution is 0.0958. The third-order valence-corrected chi connectivity index (χ3v) is 3.08. The zero-order valence-corrected chi connectivity index (χ0v) is 13.2. The second-order valence-corrected chi connectivity index (χ2v) is 5.13. The average molecular weight is 311 g/mol. The van der Waals surface area contributed by atoms with Crippen LogP contribution < -0.4 is 10.1 Å². The lowest BCUT2D eigenvalue weighted by atomic mass is 10.1. The summed E-state index contributed by atoms with van der Waals surface area (Å²) in [4.78, 5) is 12.0. The number of aryl methyl sites for hydroxylation is 2. The highest BCUT2D eigenvalue weighted by Crippen LogP contribution is 2.14. The standard InChI is InChI=1S/C19H18FNO2/c1-14-11-15(2)13-16(12-14)19(22)21-9-5-6-10-23-18-8-4-3-7-17(18)20/h3-4,7-8,11-13H,9-10H2,1-2H3,(H,21,22). The Balaban J connectivity index is 1.79. The van der Waals surface area contributed by atoms with Crippen molar-refractivity contribution in [3.63, 3.8) is 0 Å². The highest BCUT2D eigenvalue weighted by atomic mass is 19.1. The van der Waals surface area contributed by atoms with Crippen LogP contribution in [0.15, 0.2) is 42.5 Å². The maximum Gasteiger partial charge on any atom is 0.252 e. The monoisotopic (exact) mass is 311 g/mol. The van der Waals surface area contributed by atoms with Gasteiger partial charge in [-0.3, -0.25) is 4.79 Å². The van der Waals surface area contributed by atoms with E-state index in [0.717, 1.165) is 11.1 Å². The number of hydrogen-bond acceptors (Lipinski definition) is 2. The molecule has 1 N–H and O–H groups in total. The SMILES string of the molecule is Cc1cc(C)cc(C(=O)NCC#CCOc2ccccc2F)c1. The second-order valence-electron chi connectivity index (χ2n) is 5.13. The molecule has 0 bridgehead atoms. The van der Waals surface area contributed by atoms with Crippen LogP contribution in [0.1, 0.15) is 21.5 Å². The van der Waals surface area contributed by atoms with Crippen LogP contribution in [-0.2, 0) is 0 Å². The number of benzene rings is 2. The number of nitrogens with one attached hydrogen (secondary N) is 1. The first-order valence-electron chi connectivity index (χ1n) is 7.26. The second kappa shape index (κ2) is 8.00. The van der Waals surface area contributed by atoms with E-state index in [1.54, 1.807) is 18.2 Å². The van der Waals surface area contributed by atoms with Gasteiger partial charge in [-0.25, -0.2) is 4.39 Å². The Morgan fingerprint density at radius 3 is 2.52 bits per heavy atom. The van der Waals surface area contributed by atoms with Crippen molar-refractivity contribution in [3.8, 4) is 17.6 Å². The molecule has 0 radical (unpaired) electrons. The summed E-state index contributed by atoms with van der Waals surface area (Å²) in [7, 11) is 0. The molecule has 23 heavy (non-hydrogen) atoms. The first-order chi connectivity index (χ1) is 11.1. The van der Waals surface area contributed by atoms with Gasteiger partial charge in [-0.1, -0.05) is 41.2 Å². The summed E-state index contributed by atoms with van der Waals surface area (Å²) in [6.45, 7) is 4.18. The summed E-state index contributed by atoms with van der Waals surface area (Å²) < 4.78 is 18.5.